The molecule has 0 heterocycles. The number of carbonyl (C=O) groups excluding carboxylic acids is 4. The largest absolute Gasteiger partial charge is 0.480 e. The zero-order chi connectivity index (χ0) is 21.1. The number of rotatable bonds is 12. The molecule has 0 rings (SSSR count). The number of carboxylic acid groups (broad SMARTS) is 1. The van der Waals surface area contributed by atoms with E-state index in [1.165, 1.54) is 0 Å². The van der Waals surface area contributed by atoms with Crippen molar-refractivity contribution < 1.29 is 34.2 Å². The molecule has 3 unspecified atom stereocenters. The van der Waals surface area contributed by atoms with Gasteiger partial charge in [-0.3, -0.25) is 24.0 Å². The van der Waals surface area contributed by atoms with E-state index in [2.05, 4.69) is 10.6 Å². The molecule has 0 aliphatic carbocycles. The first kappa shape index (κ1) is 24.3. The molecule has 0 bridgehead atoms. The number of aliphatic hydroxyl groups excluding tert-OH is 1. The molecule has 9 N–H and O–H groups in total. The highest BCUT2D eigenvalue weighted by Crippen LogP contribution is 2.04. The van der Waals surface area contributed by atoms with Gasteiger partial charge in [-0.05, 0) is 12.3 Å². The van der Waals surface area contributed by atoms with Crippen molar-refractivity contribution in [1.29, 1.82) is 0 Å². The third-order valence-electron chi connectivity index (χ3n) is 3.33. The molecule has 12 nitrogen and oxygen atoms in total. The second-order valence-electron chi connectivity index (χ2n) is 6.32. The predicted octanol–water partition coefficient (Wildman–Crippen LogP) is -3.60. The molecule has 0 spiro atoms. The first-order chi connectivity index (χ1) is 12.5. The SMILES string of the molecule is CC(C)CC(N)C(=O)NC(CC(N)=O)C(=O)NC(CO)C(=O)NCC(=O)O. The zero-order valence-electron chi connectivity index (χ0n) is 15.2. The van der Waals surface area contributed by atoms with E-state index in [0.29, 0.717) is 6.42 Å². The Morgan fingerprint density at radius 2 is 1.52 bits per heavy atom. The molecule has 4 amide bonds. The van der Waals surface area contributed by atoms with Crippen molar-refractivity contribution in [3.8, 4) is 0 Å². The molecule has 0 aromatic rings. The van der Waals surface area contributed by atoms with Crippen LogP contribution in [0.25, 0.3) is 0 Å². The summed E-state index contributed by atoms with van der Waals surface area (Å²) in [6, 6.07) is -3.80. The van der Waals surface area contributed by atoms with Crippen LogP contribution in [0.1, 0.15) is 26.7 Å². The lowest BCUT2D eigenvalue weighted by Crippen LogP contribution is -2.57. The molecule has 3 atom stereocenters. The van der Waals surface area contributed by atoms with Gasteiger partial charge in [-0.15, -0.1) is 0 Å². The molecule has 0 aliphatic rings. The van der Waals surface area contributed by atoms with Crippen LogP contribution in [0.5, 0.6) is 0 Å². The summed E-state index contributed by atoms with van der Waals surface area (Å²) in [4.78, 5) is 57.8. The summed E-state index contributed by atoms with van der Waals surface area (Å²) in [5.74, 6) is -4.67. The van der Waals surface area contributed by atoms with Crippen LogP contribution in [0.3, 0.4) is 0 Å². The monoisotopic (exact) mass is 389 g/mol. The fourth-order valence-electron chi connectivity index (χ4n) is 2.06. The number of nitrogens with two attached hydrogens (primary N) is 2. The quantitative estimate of drug-likeness (QED) is 0.176. The number of carbonyl (C=O) groups is 5. The van der Waals surface area contributed by atoms with Crippen molar-refractivity contribution in [2.75, 3.05) is 13.2 Å². The van der Waals surface area contributed by atoms with Gasteiger partial charge < -0.3 is 37.6 Å². The van der Waals surface area contributed by atoms with Crippen LogP contribution in [0.4, 0.5) is 0 Å². The van der Waals surface area contributed by atoms with E-state index in [0.717, 1.165) is 0 Å². The van der Waals surface area contributed by atoms with E-state index in [-0.39, 0.29) is 5.92 Å². The highest BCUT2D eigenvalue weighted by molar-refractivity contribution is 5.95. The van der Waals surface area contributed by atoms with Crippen molar-refractivity contribution in [3.05, 3.63) is 0 Å². The molecule has 12 heteroatoms. The summed E-state index contributed by atoms with van der Waals surface area (Å²) in [7, 11) is 0. The molecule has 0 aliphatic heterocycles. The topological polar surface area (TPSA) is 214 Å². The molecule has 0 aromatic heterocycles. The number of amides is 4. The number of hydrogen-bond acceptors (Lipinski definition) is 7. The summed E-state index contributed by atoms with van der Waals surface area (Å²) in [5, 5.41) is 24.1. The summed E-state index contributed by atoms with van der Waals surface area (Å²) in [6.07, 6.45) is -0.214. The Morgan fingerprint density at radius 1 is 0.963 bits per heavy atom. The minimum atomic E-state index is -1.48. The summed E-state index contributed by atoms with van der Waals surface area (Å²) < 4.78 is 0. The van der Waals surface area contributed by atoms with Crippen LogP contribution in [0.15, 0.2) is 0 Å². The first-order valence-electron chi connectivity index (χ1n) is 8.22. The molecule has 0 saturated heterocycles. The maximum Gasteiger partial charge on any atom is 0.322 e. The zero-order valence-corrected chi connectivity index (χ0v) is 15.2. The average Bonchev–Trinajstić information content (AvgIpc) is 2.55. The van der Waals surface area contributed by atoms with Crippen LogP contribution in [-0.4, -0.2) is 71.1 Å². The maximum absolute atomic E-state index is 12.3. The highest BCUT2D eigenvalue weighted by atomic mass is 16.4. The Balaban J connectivity index is 5.03. The fraction of sp³-hybridized carbons (Fsp3) is 0.667. The number of aliphatic carboxylic acids is 1. The number of carboxylic acids is 1. The Labute approximate surface area is 156 Å². The minimum Gasteiger partial charge on any atom is -0.480 e. The van der Waals surface area contributed by atoms with Gasteiger partial charge in [0.2, 0.25) is 23.6 Å². The smallest absolute Gasteiger partial charge is 0.322 e. The van der Waals surface area contributed by atoms with Crippen LogP contribution >= 0.6 is 0 Å². The number of nitrogens with one attached hydrogen (secondary N) is 3. The number of primary amides is 1. The van der Waals surface area contributed by atoms with Crippen molar-refractivity contribution >= 4 is 29.6 Å². The highest BCUT2D eigenvalue weighted by Gasteiger charge is 2.29. The van der Waals surface area contributed by atoms with E-state index >= 15 is 0 Å². The van der Waals surface area contributed by atoms with Gasteiger partial charge in [0.15, 0.2) is 0 Å². The molecule has 0 radical (unpaired) electrons. The van der Waals surface area contributed by atoms with E-state index in [1.807, 2.05) is 19.2 Å². The van der Waals surface area contributed by atoms with E-state index in [9.17, 15) is 29.1 Å². The second kappa shape index (κ2) is 11.8. The van der Waals surface area contributed by atoms with Crippen molar-refractivity contribution in [1.82, 2.24) is 16.0 Å². The van der Waals surface area contributed by atoms with E-state index in [4.69, 9.17) is 16.6 Å². The third kappa shape index (κ3) is 10.1. The number of aliphatic hydroxyl groups is 1. The lowest BCUT2D eigenvalue weighted by Gasteiger charge is -2.23. The van der Waals surface area contributed by atoms with E-state index in [1.54, 1.807) is 0 Å². The van der Waals surface area contributed by atoms with E-state index < -0.39 is 67.3 Å². The van der Waals surface area contributed by atoms with Gasteiger partial charge in [-0.2, -0.15) is 0 Å². The number of hydrogen-bond donors (Lipinski definition) is 7. The van der Waals surface area contributed by atoms with Gasteiger partial charge in [0.05, 0.1) is 19.1 Å². The Kier molecular flexibility index (Phi) is 10.6. The predicted molar refractivity (Wildman–Crippen MR) is 92.8 cm³/mol. The minimum absolute atomic E-state index is 0.117. The van der Waals surface area contributed by atoms with Gasteiger partial charge in [0.25, 0.3) is 0 Å². The fourth-order valence-corrected chi connectivity index (χ4v) is 2.06. The molecular formula is C15H27N5O7. The third-order valence-corrected chi connectivity index (χ3v) is 3.33. The molecule has 27 heavy (non-hydrogen) atoms. The Morgan fingerprint density at radius 3 is 1.96 bits per heavy atom. The van der Waals surface area contributed by atoms with Crippen molar-refractivity contribution in [2.24, 2.45) is 17.4 Å². The first-order valence-corrected chi connectivity index (χ1v) is 8.22. The van der Waals surface area contributed by atoms with Gasteiger partial charge >= 0.3 is 5.97 Å². The van der Waals surface area contributed by atoms with Crippen molar-refractivity contribution in [2.45, 2.75) is 44.8 Å². The lowest BCUT2D eigenvalue weighted by molar-refractivity contribution is -0.139. The van der Waals surface area contributed by atoms with Gasteiger partial charge in [0.1, 0.15) is 18.6 Å². The van der Waals surface area contributed by atoms with Gasteiger partial charge in [-0.1, -0.05) is 13.8 Å². The molecule has 0 fully saturated rings. The van der Waals surface area contributed by atoms with Crippen LogP contribution < -0.4 is 27.4 Å². The van der Waals surface area contributed by atoms with Crippen molar-refractivity contribution in [3.63, 3.8) is 0 Å². The average molecular weight is 389 g/mol. The summed E-state index contributed by atoms with van der Waals surface area (Å²) >= 11 is 0. The van der Waals surface area contributed by atoms with Crippen LogP contribution in [0.2, 0.25) is 0 Å². The summed E-state index contributed by atoms with van der Waals surface area (Å²) in [5.41, 5.74) is 10.8. The maximum atomic E-state index is 12.3. The Bertz CT molecular complexity index is 567. The summed E-state index contributed by atoms with van der Waals surface area (Å²) in [6.45, 7) is 2.16. The Hall–Kier alpha value is -2.73. The van der Waals surface area contributed by atoms with Crippen LogP contribution in [0, 0.1) is 5.92 Å². The molecular weight excluding hydrogens is 362 g/mol. The molecule has 0 aromatic carbocycles. The van der Waals surface area contributed by atoms with Gasteiger partial charge in [0, 0.05) is 0 Å². The lowest BCUT2D eigenvalue weighted by atomic mass is 10.0. The second-order valence-corrected chi connectivity index (χ2v) is 6.32. The molecule has 154 valence electrons. The molecule has 0 saturated carbocycles. The van der Waals surface area contributed by atoms with Gasteiger partial charge in [-0.25, -0.2) is 0 Å². The van der Waals surface area contributed by atoms with Crippen LogP contribution in [-0.2, 0) is 24.0 Å². The normalized spacial score (nSPS) is 14.0. The standard InChI is InChI=1S/C15H27N5O7/c1-7(2)3-8(16)13(25)19-9(4-11(17)22)15(27)20-10(6-21)14(26)18-5-12(23)24/h7-10,21H,3-6,16H2,1-2H3,(H2,17,22)(H,18,26)(H,19,25)(H,20,27)(H,23,24).